The molecule has 0 aliphatic carbocycles. The van der Waals surface area contributed by atoms with E-state index in [1.54, 1.807) is 20.8 Å². The van der Waals surface area contributed by atoms with Crippen molar-refractivity contribution in [1.29, 1.82) is 0 Å². The van der Waals surface area contributed by atoms with E-state index >= 15 is 0 Å². The molecular weight excluding hydrogens is 250 g/mol. The summed E-state index contributed by atoms with van der Waals surface area (Å²) >= 11 is -2.02. The van der Waals surface area contributed by atoms with Gasteiger partial charge in [0.1, 0.15) is 5.60 Å². The molecule has 1 aliphatic heterocycles. The van der Waals surface area contributed by atoms with Crippen LogP contribution in [0.1, 0.15) is 20.8 Å². The van der Waals surface area contributed by atoms with E-state index in [1.807, 2.05) is 0 Å². The van der Waals surface area contributed by atoms with E-state index < -0.39 is 35.0 Å². The smallest absolute Gasteiger partial charge is 0.424 e. The van der Waals surface area contributed by atoms with Crippen molar-refractivity contribution in [3.63, 3.8) is 0 Å². The predicted molar refractivity (Wildman–Crippen MR) is 58.0 cm³/mol. The molecule has 1 heterocycles. The van der Waals surface area contributed by atoms with E-state index in [1.165, 1.54) is 7.11 Å². The Balaban J connectivity index is 2.81. The maximum absolute atomic E-state index is 11.7. The van der Waals surface area contributed by atoms with Crippen LogP contribution < -0.4 is 0 Å². The molecule has 17 heavy (non-hydrogen) atoms. The fourth-order valence-electron chi connectivity index (χ4n) is 1.15. The fraction of sp³-hybridized carbons (Fsp3) is 0.778. The minimum absolute atomic E-state index is 0.168. The first-order valence-corrected chi connectivity index (χ1v) is 5.94. The van der Waals surface area contributed by atoms with Gasteiger partial charge in [-0.1, -0.05) is 0 Å². The molecule has 1 fully saturated rings. The van der Waals surface area contributed by atoms with E-state index in [9.17, 15) is 13.8 Å². The third-order valence-electron chi connectivity index (χ3n) is 1.82. The Morgan fingerprint density at radius 1 is 1.41 bits per heavy atom. The topological polar surface area (TPSA) is 82.1 Å². The highest BCUT2D eigenvalue weighted by Gasteiger charge is 2.44. The molecule has 1 rings (SSSR count). The molecule has 0 aromatic carbocycles. The molecule has 1 saturated heterocycles. The van der Waals surface area contributed by atoms with Gasteiger partial charge in [0.2, 0.25) is 0 Å². The molecule has 0 aromatic rings. The molecule has 7 nitrogen and oxygen atoms in total. The van der Waals surface area contributed by atoms with Crippen LogP contribution >= 0.6 is 0 Å². The van der Waals surface area contributed by atoms with Crippen LogP contribution in [0.5, 0.6) is 0 Å². The third kappa shape index (κ3) is 3.40. The molecule has 0 saturated carbocycles. The van der Waals surface area contributed by atoms with Gasteiger partial charge in [0.15, 0.2) is 6.04 Å². The molecule has 1 amide bonds. The molecule has 0 radical (unpaired) electrons. The van der Waals surface area contributed by atoms with Crippen molar-refractivity contribution < 1.29 is 27.5 Å². The maximum atomic E-state index is 11.7. The van der Waals surface area contributed by atoms with Gasteiger partial charge in [0.25, 0.3) is 11.3 Å². The number of amides is 1. The third-order valence-corrected chi connectivity index (χ3v) is 2.88. The van der Waals surface area contributed by atoms with E-state index in [0.717, 1.165) is 4.31 Å². The summed E-state index contributed by atoms with van der Waals surface area (Å²) in [6.45, 7) is 4.83. The lowest BCUT2D eigenvalue weighted by Crippen LogP contribution is -2.45. The largest absolute Gasteiger partial charge is 0.467 e. The number of hydrogen-bond acceptors (Lipinski definition) is 6. The van der Waals surface area contributed by atoms with Gasteiger partial charge in [-0.2, -0.15) is 4.31 Å². The van der Waals surface area contributed by atoms with Crippen LogP contribution in [-0.2, 0) is 29.7 Å². The van der Waals surface area contributed by atoms with Crippen LogP contribution in [0.4, 0.5) is 4.79 Å². The van der Waals surface area contributed by atoms with Crippen molar-refractivity contribution in [2.24, 2.45) is 0 Å². The molecule has 98 valence electrons. The standard InChI is InChI=1S/C9H15NO6S/c1-9(2,3)16-8(12)10-6(7(11)14-4)5-15-17(10)13/h6H,5H2,1-4H3/t6-,17?/m0/s1. The van der Waals surface area contributed by atoms with Crippen molar-refractivity contribution in [3.05, 3.63) is 0 Å². The van der Waals surface area contributed by atoms with Gasteiger partial charge >= 0.3 is 12.1 Å². The van der Waals surface area contributed by atoms with Gasteiger partial charge in [-0.15, -0.1) is 0 Å². The van der Waals surface area contributed by atoms with Crippen LogP contribution in [0.25, 0.3) is 0 Å². The average Bonchev–Trinajstić information content (AvgIpc) is 2.56. The minimum atomic E-state index is -2.02. The number of esters is 1. The summed E-state index contributed by atoms with van der Waals surface area (Å²) < 4.78 is 26.4. The molecule has 0 bridgehead atoms. The second-order valence-corrected chi connectivity index (χ2v) is 5.41. The Bertz CT molecular complexity index is 350. The van der Waals surface area contributed by atoms with Gasteiger partial charge in [-0.25, -0.2) is 13.8 Å². The van der Waals surface area contributed by atoms with E-state index in [0.29, 0.717) is 0 Å². The van der Waals surface area contributed by atoms with Gasteiger partial charge < -0.3 is 9.47 Å². The number of hydrogen-bond donors (Lipinski definition) is 0. The molecule has 0 spiro atoms. The van der Waals surface area contributed by atoms with Gasteiger partial charge in [-0.05, 0) is 20.8 Å². The number of rotatable bonds is 1. The van der Waals surface area contributed by atoms with Gasteiger partial charge in [-0.3, -0.25) is 4.18 Å². The number of methoxy groups -OCH3 is 1. The summed E-state index contributed by atoms with van der Waals surface area (Å²) in [7, 11) is 1.18. The quantitative estimate of drug-likeness (QED) is 0.637. The van der Waals surface area contributed by atoms with Crippen molar-refractivity contribution in [1.82, 2.24) is 4.31 Å². The highest BCUT2D eigenvalue weighted by atomic mass is 32.2. The fourth-order valence-corrected chi connectivity index (χ4v) is 2.02. The SMILES string of the molecule is COC(=O)[C@@H]1COS(=O)N1C(=O)OC(C)(C)C. The number of nitrogens with zero attached hydrogens (tertiary/aromatic N) is 1. The Labute approximate surface area is 102 Å². The molecule has 0 aromatic heterocycles. The summed E-state index contributed by atoms with van der Waals surface area (Å²) in [6.07, 6.45) is -0.872. The average molecular weight is 265 g/mol. The zero-order chi connectivity index (χ0) is 13.2. The van der Waals surface area contributed by atoms with E-state index in [4.69, 9.17) is 8.92 Å². The molecule has 1 aliphatic rings. The second kappa shape index (κ2) is 5.01. The summed E-state index contributed by atoms with van der Waals surface area (Å²) in [4.78, 5) is 23.1. The van der Waals surface area contributed by atoms with Crippen LogP contribution in [0.15, 0.2) is 0 Å². The first kappa shape index (κ1) is 13.9. The van der Waals surface area contributed by atoms with Crippen molar-refractivity contribution in [2.45, 2.75) is 32.4 Å². The summed E-state index contributed by atoms with van der Waals surface area (Å²) in [5, 5.41) is 0. The lowest BCUT2D eigenvalue weighted by atomic mass is 10.2. The highest BCUT2D eigenvalue weighted by molar-refractivity contribution is 7.78. The lowest BCUT2D eigenvalue weighted by Gasteiger charge is -2.24. The zero-order valence-electron chi connectivity index (χ0n) is 10.1. The Morgan fingerprint density at radius 3 is 2.47 bits per heavy atom. The maximum Gasteiger partial charge on any atom is 0.424 e. The minimum Gasteiger partial charge on any atom is -0.467 e. The van der Waals surface area contributed by atoms with Gasteiger partial charge in [0, 0.05) is 0 Å². The van der Waals surface area contributed by atoms with E-state index in [2.05, 4.69) is 4.74 Å². The number of carbonyl (C=O) groups is 2. The summed E-state index contributed by atoms with van der Waals surface area (Å²) in [5.41, 5.74) is -0.745. The van der Waals surface area contributed by atoms with E-state index in [-0.39, 0.29) is 6.61 Å². The van der Waals surface area contributed by atoms with Crippen LogP contribution in [-0.4, -0.2) is 45.9 Å². The Hall–Kier alpha value is -1.15. The van der Waals surface area contributed by atoms with Crippen LogP contribution in [0, 0.1) is 0 Å². The molecule has 2 atom stereocenters. The Morgan fingerprint density at radius 2 is 2.00 bits per heavy atom. The monoisotopic (exact) mass is 265 g/mol. The number of carbonyl (C=O) groups excluding carboxylic acids is 2. The van der Waals surface area contributed by atoms with Crippen LogP contribution in [0.3, 0.4) is 0 Å². The van der Waals surface area contributed by atoms with Crippen LogP contribution in [0.2, 0.25) is 0 Å². The predicted octanol–water partition coefficient (Wildman–Crippen LogP) is 0.374. The van der Waals surface area contributed by atoms with Crippen molar-refractivity contribution >= 4 is 23.3 Å². The first-order valence-electron chi connectivity index (χ1n) is 4.91. The molecule has 8 heteroatoms. The zero-order valence-corrected chi connectivity index (χ0v) is 10.9. The highest BCUT2D eigenvalue weighted by Crippen LogP contribution is 2.20. The van der Waals surface area contributed by atoms with Gasteiger partial charge in [0.05, 0.1) is 13.7 Å². The first-order chi connectivity index (χ1) is 7.76. The normalized spacial score (nSPS) is 24.6. The van der Waals surface area contributed by atoms with Crippen molar-refractivity contribution in [3.8, 4) is 0 Å². The second-order valence-electron chi connectivity index (χ2n) is 4.35. The lowest BCUT2D eigenvalue weighted by molar-refractivity contribution is -0.144. The number of ether oxygens (including phenoxy) is 2. The Kier molecular flexibility index (Phi) is 4.10. The summed E-state index contributed by atoms with van der Waals surface area (Å²) in [6, 6.07) is -1.03. The molecular formula is C9H15NO6S. The molecule has 1 unspecified atom stereocenters. The van der Waals surface area contributed by atoms with Crippen molar-refractivity contribution in [2.75, 3.05) is 13.7 Å². The summed E-state index contributed by atoms with van der Waals surface area (Å²) in [5.74, 6) is -0.693. The molecule has 0 N–H and O–H groups in total.